The van der Waals surface area contributed by atoms with Crippen LogP contribution in [-0.4, -0.2) is 58.5 Å². The minimum atomic E-state index is -3.89. The molecule has 1 amide bonds. The van der Waals surface area contributed by atoms with Gasteiger partial charge >= 0.3 is 5.97 Å². The minimum absolute atomic E-state index is 0.0327. The Balaban J connectivity index is 1.53. The summed E-state index contributed by atoms with van der Waals surface area (Å²) in [6.45, 7) is 1.26. The zero-order valence-corrected chi connectivity index (χ0v) is 19.5. The highest BCUT2D eigenvalue weighted by Crippen LogP contribution is 2.34. The molecule has 2 aromatic carbocycles. The van der Waals surface area contributed by atoms with E-state index in [4.69, 9.17) is 9.47 Å². The summed E-state index contributed by atoms with van der Waals surface area (Å²) in [6, 6.07) is 11.5. The summed E-state index contributed by atoms with van der Waals surface area (Å²) in [6.07, 6.45) is 4.67. The molecule has 1 saturated heterocycles. The topological polar surface area (TPSA) is 93.2 Å². The Morgan fingerprint density at radius 2 is 1.70 bits per heavy atom. The van der Waals surface area contributed by atoms with Crippen molar-refractivity contribution in [2.75, 3.05) is 37.7 Å². The molecule has 2 aromatic rings. The molecule has 176 valence electrons. The van der Waals surface area contributed by atoms with Gasteiger partial charge in [0.15, 0.2) is 6.61 Å². The smallest absolute Gasteiger partial charge is 0.342 e. The largest absolute Gasteiger partial charge is 0.496 e. The third-order valence-corrected chi connectivity index (χ3v) is 7.92. The third-order valence-electron chi connectivity index (χ3n) is 6.11. The van der Waals surface area contributed by atoms with Crippen molar-refractivity contribution in [1.82, 2.24) is 4.90 Å². The average molecular weight is 473 g/mol. The Hall–Kier alpha value is -3.07. The van der Waals surface area contributed by atoms with Crippen molar-refractivity contribution in [3.05, 3.63) is 53.6 Å². The number of nitrogens with zero attached hydrogens (tertiary/aromatic N) is 2. The van der Waals surface area contributed by atoms with E-state index in [1.165, 1.54) is 29.6 Å². The van der Waals surface area contributed by atoms with E-state index in [9.17, 15) is 18.0 Å². The quantitative estimate of drug-likeness (QED) is 0.600. The van der Waals surface area contributed by atoms with Crippen LogP contribution in [-0.2, 0) is 26.0 Å². The average Bonchev–Trinajstić information content (AvgIpc) is 3.09. The van der Waals surface area contributed by atoms with Gasteiger partial charge in [-0.3, -0.25) is 9.10 Å². The molecule has 4 rings (SSSR count). The van der Waals surface area contributed by atoms with Crippen LogP contribution in [0.15, 0.2) is 47.4 Å². The Kier molecular flexibility index (Phi) is 6.88. The first kappa shape index (κ1) is 23.1. The van der Waals surface area contributed by atoms with Crippen LogP contribution in [0.1, 0.15) is 41.6 Å². The molecule has 9 heteroatoms. The van der Waals surface area contributed by atoms with Gasteiger partial charge in [0, 0.05) is 19.6 Å². The van der Waals surface area contributed by atoms with Crippen LogP contribution in [0.5, 0.6) is 5.75 Å². The third kappa shape index (κ3) is 4.83. The fourth-order valence-corrected chi connectivity index (χ4v) is 5.84. The first-order valence-electron chi connectivity index (χ1n) is 11.2. The van der Waals surface area contributed by atoms with Gasteiger partial charge in [-0.1, -0.05) is 31.0 Å². The number of esters is 1. The van der Waals surface area contributed by atoms with Gasteiger partial charge in [-0.05, 0) is 49.1 Å². The Labute approximate surface area is 194 Å². The number of carbonyl (C=O) groups is 2. The van der Waals surface area contributed by atoms with Crippen LogP contribution in [0, 0.1) is 0 Å². The summed E-state index contributed by atoms with van der Waals surface area (Å²) in [5, 5.41) is 0. The highest BCUT2D eigenvalue weighted by molar-refractivity contribution is 7.92. The molecule has 0 radical (unpaired) electrons. The van der Waals surface area contributed by atoms with Crippen molar-refractivity contribution in [1.29, 1.82) is 0 Å². The van der Waals surface area contributed by atoms with E-state index in [0.29, 0.717) is 31.7 Å². The summed E-state index contributed by atoms with van der Waals surface area (Å²) >= 11 is 0. The first-order valence-corrected chi connectivity index (χ1v) is 12.6. The van der Waals surface area contributed by atoms with Crippen molar-refractivity contribution in [3.8, 4) is 5.75 Å². The molecule has 2 aliphatic heterocycles. The maximum atomic E-state index is 13.3. The van der Waals surface area contributed by atoms with Gasteiger partial charge in [-0.15, -0.1) is 0 Å². The number of rotatable bonds is 6. The molecule has 0 N–H and O–H groups in total. The summed E-state index contributed by atoms with van der Waals surface area (Å²) < 4.78 is 38.6. The second-order valence-electron chi connectivity index (χ2n) is 8.19. The van der Waals surface area contributed by atoms with Crippen molar-refractivity contribution in [2.24, 2.45) is 0 Å². The number of sulfonamides is 1. The number of fused-ring (bicyclic) bond motifs is 1. The van der Waals surface area contributed by atoms with Crippen LogP contribution in [0.25, 0.3) is 0 Å². The number of hydrogen-bond acceptors (Lipinski definition) is 6. The lowest BCUT2D eigenvalue weighted by atomic mass is 10.2. The van der Waals surface area contributed by atoms with Crippen LogP contribution >= 0.6 is 0 Å². The molecule has 0 unspecified atom stereocenters. The Morgan fingerprint density at radius 3 is 2.42 bits per heavy atom. The van der Waals surface area contributed by atoms with Gasteiger partial charge in [-0.25, -0.2) is 13.2 Å². The molecule has 0 aliphatic carbocycles. The fraction of sp³-hybridized carbons (Fsp3) is 0.417. The maximum absolute atomic E-state index is 13.3. The molecular weight excluding hydrogens is 444 g/mol. The number of benzene rings is 2. The minimum Gasteiger partial charge on any atom is -0.496 e. The normalized spacial score (nSPS) is 16.2. The van der Waals surface area contributed by atoms with Crippen molar-refractivity contribution >= 4 is 27.6 Å². The van der Waals surface area contributed by atoms with Crippen molar-refractivity contribution in [2.45, 2.75) is 37.0 Å². The summed E-state index contributed by atoms with van der Waals surface area (Å²) in [4.78, 5) is 26.9. The van der Waals surface area contributed by atoms with Gasteiger partial charge in [0.2, 0.25) is 0 Å². The van der Waals surface area contributed by atoms with E-state index in [1.54, 1.807) is 17.0 Å². The molecule has 2 aliphatic rings. The van der Waals surface area contributed by atoms with Crippen LogP contribution < -0.4 is 9.04 Å². The molecule has 0 spiro atoms. The molecular formula is C24H28N2O6S. The Bertz CT molecular complexity index is 1140. The van der Waals surface area contributed by atoms with Gasteiger partial charge in [0.05, 0.1) is 17.7 Å². The second kappa shape index (κ2) is 9.82. The molecule has 0 atom stereocenters. The highest BCUT2D eigenvalue weighted by Gasteiger charge is 2.32. The number of anilines is 1. The summed E-state index contributed by atoms with van der Waals surface area (Å²) in [7, 11) is -2.50. The van der Waals surface area contributed by atoms with E-state index in [1.807, 2.05) is 12.1 Å². The number of ether oxygens (including phenoxy) is 2. The predicted molar refractivity (Wildman–Crippen MR) is 123 cm³/mol. The van der Waals surface area contributed by atoms with Gasteiger partial charge in [0.1, 0.15) is 11.3 Å². The van der Waals surface area contributed by atoms with Crippen molar-refractivity contribution < 1.29 is 27.5 Å². The first-order chi connectivity index (χ1) is 15.9. The Morgan fingerprint density at radius 1 is 0.970 bits per heavy atom. The predicted octanol–water partition coefficient (Wildman–Crippen LogP) is 3.01. The van der Waals surface area contributed by atoms with E-state index >= 15 is 0 Å². The lowest BCUT2D eigenvalue weighted by Crippen LogP contribution is -2.35. The number of para-hydroxylation sites is 1. The number of amides is 1. The van der Waals surface area contributed by atoms with Gasteiger partial charge in [0.25, 0.3) is 15.9 Å². The number of methoxy groups -OCH3 is 1. The van der Waals surface area contributed by atoms with Gasteiger partial charge in [-0.2, -0.15) is 0 Å². The standard InChI is InChI=1S/C24H28N2O6S/c1-31-22-11-10-19(33(29,30)26-15-12-18-8-4-5-9-21(18)26)16-20(22)24(28)32-17-23(27)25-13-6-2-3-7-14-25/h4-5,8-11,16H,2-3,6-7,12-15,17H2,1H3. The highest BCUT2D eigenvalue weighted by atomic mass is 32.2. The number of hydrogen-bond donors (Lipinski definition) is 0. The maximum Gasteiger partial charge on any atom is 0.342 e. The van der Waals surface area contributed by atoms with Crippen LogP contribution in [0.3, 0.4) is 0 Å². The molecule has 2 heterocycles. The molecule has 0 aromatic heterocycles. The molecule has 0 saturated carbocycles. The van der Waals surface area contributed by atoms with Crippen molar-refractivity contribution in [3.63, 3.8) is 0 Å². The monoisotopic (exact) mass is 472 g/mol. The van der Waals surface area contributed by atoms with E-state index in [-0.39, 0.29) is 22.1 Å². The molecule has 1 fully saturated rings. The second-order valence-corrected chi connectivity index (χ2v) is 10.1. The fourth-order valence-electron chi connectivity index (χ4n) is 4.31. The summed E-state index contributed by atoms with van der Waals surface area (Å²) in [5.74, 6) is -0.862. The van der Waals surface area contributed by atoms with E-state index < -0.39 is 22.6 Å². The van der Waals surface area contributed by atoms with E-state index in [0.717, 1.165) is 31.2 Å². The van der Waals surface area contributed by atoms with Gasteiger partial charge < -0.3 is 14.4 Å². The molecule has 0 bridgehead atoms. The lowest BCUT2D eigenvalue weighted by Gasteiger charge is -2.21. The van der Waals surface area contributed by atoms with Crippen LogP contribution in [0.4, 0.5) is 5.69 Å². The zero-order chi connectivity index (χ0) is 23.4. The number of carbonyl (C=O) groups excluding carboxylic acids is 2. The summed E-state index contributed by atoms with van der Waals surface area (Å²) in [5.41, 5.74) is 1.57. The zero-order valence-electron chi connectivity index (χ0n) is 18.7. The molecule has 8 nitrogen and oxygen atoms in total. The lowest BCUT2D eigenvalue weighted by molar-refractivity contribution is -0.134. The van der Waals surface area contributed by atoms with E-state index in [2.05, 4.69) is 0 Å². The van der Waals surface area contributed by atoms with Crippen LogP contribution in [0.2, 0.25) is 0 Å². The molecule has 33 heavy (non-hydrogen) atoms. The SMILES string of the molecule is COc1ccc(S(=O)(=O)N2CCc3ccccc32)cc1C(=O)OCC(=O)N1CCCCCC1. The number of likely N-dealkylation sites (tertiary alicyclic amines) is 1.